The fourth-order valence-electron chi connectivity index (χ4n) is 1.39. The Kier molecular flexibility index (Phi) is 4.61. The molecule has 0 bridgehead atoms. The van der Waals surface area contributed by atoms with Crippen LogP contribution in [0.2, 0.25) is 0 Å². The van der Waals surface area contributed by atoms with Gasteiger partial charge in [0.1, 0.15) is 0 Å². The van der Waals surface area contributed by atoms with E-state index in [1.165, 1.54) is 5.56 Å². The maximum atomic E-state index is 3.99. The van der Waals surface area contributed by atoms with Crippen molar-refractivity contribution in [2.75, 3.05) is 6.54 Å². The van der Waals surface area contributed by atoms with E-state index in [0.29, 0.717) is 0 Å². The highest BCUT2D eigenvalue weighted by Gasteiger charge is 2.01. The zero-order valence-corrected chi connectivity index (χ0v) is 9.48. The Morgan fingerprint density at radius 1 is 1.40 bits per heavy atom. The van der Waals surface area contributed by atoms with Crippen molar-refractivity contribution in [1.82, 2.24) is 5.01 Å². The molecule has 0 heterocycles. The van der Waals surface area contributed by atoms with Gasteiger partial charge < -0.3 is 0 Å². The van der Waals surface area contributed by atoms with Gasteiger partial charge in [-0.25, -0.2) is 0 Å². The molecule has 0 aliphatic heterocycles. The van der Waals surface area contributed by atoms with Gasteiger partial charge in [-0.1, -0.05) is 36.4 Å². The summed E-state index contributed by atoms with van der Waals surface area (Å²) >= 11 is 0. The van der Waals surface area contributed by atoms with E-state index >= 15 is 0 Å². The number of hydrazone groups is 1. The highest BCUT2D eigenvalue weighted by molar-refractivity contribution is 5.23. The van der Waals surface area contributed by atoms with Gasteiger partial charge in [0.05, 0.1) is 0 Å². The lowest BCUT2D eigenvalue weighted by Gasteiger charge is -2.18. The second-order valence-electron chi connectivity index (χ2n) is 3.43. The summed E-state index contributed by atoms with van der Waals surface area (Å²) in [6.45, 7) is 8.51. The molecule has 0 spiro atoms. The summed E-state index contributed by atoms with van der Waals surface area (Å²) < 4.78 is 0. The highest BCUT2D eigenvalue weighted by atomic mass is 15.4. The Morgan fingerprint density at radius 2 is 2.07 bits per heavy atom. The van der Waals surface area contributed by atoms with Crippen molar-refractivity contribution in [1.29, 1.82) is 0 Å². The summed E-state index contributed by atoms with van der Waals surface area (Å²) in [6.07, 6.45) is 3.03. The largest absolute Gasteiger partial charge is 0.271 e. The minimum absolute atomic E-state index is 0.879. The number of hydrogen-bond donors (Lipinski definition) is 0. The molecule has 0 radical (unpaired) electrons. The predicted octanol–water partition coefficient (Wildman–Crippen LogP) is 3.07. The Bertz CT molecular complexity index is 328. The van der Waals surface area contributed by atoms with Crippen LogP contribution in [0.4, 0.5) is 0 Å². The first kappa shape index (κ1) is 11.5. The van der Waals surface area contributed by atoms with Crippen molar-refractivity contribution in [2.45, 2.75) is 20.3 Å². The van der Waals surface area contributed by atoms with Crippen molar-refractivity contribution in [3.8, 4) is 0 Å². The Labute approximate surface area is 91.9 Å². The normalized spacial score (nSPS) is 11.2. The Balaban J connectivity index is 2.52. The molecule has 0 saturated heterocycles. The Hall–Kier alpha value is -1.57. The Morgan fingerprint density at radius 3 is 2.60 bits per heavy atom. The summed E-state index contributed by atoms with van der Waals surface area (Å²) in [5.74, 6) is 0. The minimum atomic E-state index is 0.879. The molecule has 1 rings (SSSR count). The molecule has 0 amide bonds. The number of allylic oxidation sites excluding steroid dienone is 2. The third kappa shape index (κ3) is 3.58. The molecule has 0 saturated carbocycles. The highest BCUT2D eigenvalue weighted by Crippen LogP contribution is 2.06. The smallest absolute Gasteiger partial charge is 0.0452 e. The van der Waals surface area contributed by atoms with Crippen molar-refractivity contribution >= 4 is 6.72 Å². The second-order valence-corrected chi connectivity index (χ2v) is 3.43. The molecule has 15 heavy (non-hydrogen) atoms. The maximum Gasteiger partial charge on any atom is 0.0452 e. The lowest BCUT2D eigenvalue weighted by atomic mass is 10.1. The summed E-state index contributed by atoms with van der Waals surface area (Å²) in [7, 11) is 0. The van der Waals surface area contributed by atoms with Gasteiger partial charge in [-0.05, 0) is 25.8 Å². The van der Waals surface area contributed by atoms with Crippen LogP contribution in [0, 0.1) is 0 Å². The van der Waals surface area contributed by atoms with E-state index in [9.17, 15) is 0 Å². The first-order chi connectivity index (χ1) is 7.27. The van der Waals surface area contributed by atoms with E-state index in [1.54, 1.807) is 0 Å². The molecular formula is C13H18N2. The minimum Gasteiger partial charge on any atom is -0.271 e. The van der Waals surface area contributed by atoms with Crippen molar-refractivity contribution < 1.29 is 0 Å². The molecule has 0 N–H and O–H groups in total. The fraction of sp³-hybridized carbons (Fsp3) is 0.308. The van der Waals surface area contributed by atoms with Crippen LogP contribution >= 0.6 is 0 Å². The first-order valence-electron chi connectivity index (χ1n) is 5.19. The predicted molar refractivity (Wildman–Crippen MR) is 65.8 cm³/mol. The number of benzene rings is 1. The van der Waals surface area contributed by atoms with Crippen molar-refractivity contribution in [3.05, 3.63) is 47.7 Å². The molecular weight excluding hydrogens is 184 g/mol. The van der Waals surface area contributed by atoms with Crippen LogP contribution in [-0.2, 0) is 6.42 Å². The van der Waals surface area contributed by atoms with Crippen molar-refractivity contribution in [2.24, 2.45) is 5.10 Å². The molecule has 2 nitrogen and oxygen atoms in total. The topological polar surface area (TPSA) is 15.6 Å². The summed E-state index contributed by atoms with van der Waals surface area (Å²) in [5.41, 5.74) is 2.47. The zero-order valence-electron chi connectivity index (χ0n) is 9.48. The SMILES string of the molecule is C=NN(CCc1ccccc1)/C(C)=C\C. The molecule has 0 unspecified atom stereocenters. The van der Waals surface area contributed by atoms with Gasteiger partial charge in [0.15, 0.2) is 0 Å². The molecule has 2 heteroatoms. The lowest BCUT2D eigenvalue weighted by molar-refractivity contribution is 0.372. The second kappa shape index (κ2) is 6.02. The molecule has 0 aliphatic rings. The maximum absolute atomic E-state index is 3.99. The van der Waals surface area contributed by atoms with Crippen LogP contribution in [0.5, 0.6) is 0 Å². The van der Waals surface area contributed by atoms with E-state index in [4.69, 9.17) is 0 Å². The average Bonchev–Trinajstić information content (AvgIpc) is 2.31. The third-order valence-corrected chi connectivity index (χ3v) is 2.45. The van der Waals surface area contributed by atoms with Gasteiger partial charge in [0.25, 0.3) is 0 Å². The molecule has 1 aromatic rings. The molecule has 0 fully saturated rings. The first-order valence-corrected chi connectivity index (χ1v) is 5.19. The van der Waals surface area contributed by atoms with Gasteiger partial charge in [0, 0.05) is 19.0 Å². The lowest BCUT2D eigenvalue weighted by Crippen LogP contribution is -2.17. The summed E-state index contributed by atoms with van der Waals surface area (Å²) in [6, 6.07) is 10.4. The van der Waals surface area contributed by atoms with E-state index in [1.807, 2.05) is 31.0 Å². The summed E-state index contributed by atoms with van der Waals surface area (Å²) in [5, 5.41) is 5.91. The van der Waals surface area contributed by atoms with Crippen LogP contribution in [0.15, 0.2) is 47.2 Å². The zero-order chi connectivity index (χ0) is 11.1. The van der Waals surface area contributed by atoms with Gasteiger partial charge in [0.2, 0.25) is 0 Å². The molecule has 1 aromatic carbocycles. The van der Waals surface area contributed by atoms with Crippen LogP contribution in [0.25, 0.3) is 0 Å². The van der Waals surface area contributed by atoms with Gasteiger partial charge >= 0.3 is 0 Å². The number of rotatable bonds is 5. The molecule has 0 atom stereocenters. The summed E-state index contributed by atoms with van der Waals surface area (Å²) in [4.78, 5) is 0. The molecule has 0 aliphatic carbocycles. The van der Waals surface area contributed by atoms with Crippen molar-refractivity contribution in [3.63, 3.8) is 0 Å². The van der Waals surface area contributed by atoms with Gasteiger partial charge in [-0.15, -0.1) is 0 Å². The van der Waals surface area contributed by atoms with E-state index < -0.39 is 0 Å². The van der Waals surface area contributed by atoms with Gasteiger partial charge in [-0.3, -0.25) is 5.01 Å². The quantitative estimate of drug-likeness (QED) is 0.529. The van der Waals surface area contributed by atoms with E-state index in [0.717, 1.165) is 18.7 Å². The van der Waals surface area contributed by atoms with Gasteiger partial charge in [-0.2, -0.15) is 5.10 Å². The standard InChI is InChI=1S/C13H18N2/c1-4-12(2)15(14-3)11-10-13-8-6-5-7-9-13/h4-9H,3,10-11H2,1-2H3/b12-4-. The number of hydrogen-bond acceptors (Lipinski definition) is 2. The molecule has 0 aromatic heterocycles. The van der Waals surface area contributed by atoms with Crippen LogP contribution < -0.4 is 0 Å². The van der Waals surface area contributed by atoms with Crippen LogP contribution in [0.3, 0.4) is 0 Å². The molecule has 80 valence electrons. The third-order valence-electron chi connectivity index (χ3n) is 2.45. The van der Waals surface area contributed by atoms with E-state index in [2.05, 4.69) is 36.1 Å². The van der Waals surface area contributed by atoms with Crippen LogP contribution in [-0.4, -0.2) is 18.3 Å². The number of nitrogens with zero attached hydrogens (tertiary/aromatic N) is 2. The van der Waals surface area contributed by atoms with E-state index in [-0.39, 0.29) is 0 Å². The van der Waals surface area contributed by atoms with Crippen LogP contribution in [0.1, 0.15) is 19.4 Å². The fourth-order valence-corrected chi connectivity index (χ4v) is 1.39. The monoisotopic (exact) mass is 202 g/mol. The average molecular weight is 202 g/mol.